The van der Waals surface area contributed by atoms with Gasteiger partial charge in [0.05, 0.1) is 5.56 Å². The van der Waals surface area contributed by atoms with Gasteiger partial charge in [0.2, 0.25) is 5.88 Å². The van der Waals surface area contributed by atoms with E-state index in [0.29, 0.717) is 11.4 Å². The Balaban J connectivity index is 1.51. The lowest BCUT2D eigenvalue weighted by Crippen LogP contribution is -2.35. The number of aromatic nitrogens is 1. The molecule has 25 heavy (non-hydrogen) atoms. The van der Waals surface area contributed by atoms with Gasteiger partial charge in [0.15, 0.2) is 0 Å². The van der Waals surface area contributed by atoms with Gasteiger partial charge in [0, 0.05) is 30.2 Å². The van der Waals surface area contributed by atoms with Gasteiger partial charge in [0.25, 0.3) is 5.91 Å². The van der Waals surface area contributed by atoms with E-state index in [1.165, 1.54) is 11.1 Å². The first-order chi connectivity index (χ1) is 12.2. The molecule has 1 atom stereocenters. The highest BCUT2D eigenvalue weighted by Crippen LogP contribution is 2.29. The third kappa shape index (κ3) is 3.52. The third-order valence-electron chi connectivity index (χ3n) is 4.76. The molecule has 130 valence electrons. The lowest BCUT2D eigenvalue weighted by Gasteiger charge is -2.29. The number of benzene rings is 1. The Morgan fingerprint density at radius 3 is 3.00 bits per heavy atom. The fourth-order valence-corrected chi connectivity index (χ4v) is 4.54. The van der Waals surface area contributed by atoms with Crippen molar-refractivity contribution in [2.45, 2.75) is 32.3 Å². The molecule has 0 N–H and O–H groups in total. The van der Waals surface area contributed by atoms with Crippen molar-refractivity contribution in [1.82, 2.24) is 4.98 Å². The lowest BCUT2D eigenvalue weighted by molar-refractivity contribution is 0.0984. The summed E-state index contributed by atoms with van der Waals surface area (Å²) in [4.78, 5) is 19.2. The summed E-state index contributed by atoms with van der Waals surface area (Å²) in [5.41, 5.74) is 4.14. The van der Waals surface area contributed by atoms with Crippen LogP contribution in [0, 0.1) is 6.92 Å². The Morgan fingerprint density at radius 1 is 1.32 bits per heavy atom. The molecule has 2 aliphatic heterocycles. The van der Waals surface area contributed by atoms with Crippen molar-refractivity contribution in [2.75, 3.05) is 23.0 Å². The summed E-state index contributed by atoms with van der Waals surface area (Å²) in [5.74, 6) is 2.79. The molecule has 2 aliphatic rings. The van der Waals surface area contributed by atoms with Crippen LogP contribution in [0.5, 0.6) is 5.88 Å². The zero-order chi connectivity index (χ0) is 17.2. The maximum absolute atomic E-state index is 12.9. The van der Waals surface area contributed by atoms with E-state index in [1.54, 1.807) is 6.20 Å². The summed E-state index contributed by atoms with van der Waals surface area (Å²) in [6, 6.07) is 9.96. The lowest BCUT2D eigenvalue weighted by atomic mass is 9.99. The molecule has 0 aliphatic carbocycles. The number of amides is 1. The molecule has 1 saturated heterocycles. The monoisotopic (exact) mass is 354 g/mol. The van der Waals surface area contributed by atoms with Crippen molar-refractivity contribution in [2.24, 2.45) is 0 Å². The summed E-state index contributed by atoms with van der Waals surface area (Å²) in [5, 5.41) is 0. The van der Waals surface area contributed by atoms with Gasteiger partial charge in [-0.05, 0) is 49.6 Å². The molecule has 0 radical (unpaired) electrons. The van der Waals surface area contributed by atoms with Crippen LogP contribution in [-0.4, -0.2) is 35.0 Å². The zero-order valence-corrected chi connectivity index (χ0v) is 15.2. The van der Waals surface area contributed by atoms with E-state index in [2.05, 4.69) is 30.1 Å². The molecular formula is C20H22N2O2S. The van der Waals surface area contributed by atoms with E-state index in [9.17, 15) is 4.79 Å². The van der Waals surface area contributed by atoms with Crippen molar-refractivity contribution in [1.29, 1.82) is 0 Å². The Hall–Kier alpha value is -2.01. The van der Waals surface area contributed by atoms with Gasteiger partial charge in [-0.1, -0.05) is 17.7 Å². The summed E-state index contributed by atoms with van der Waals surface area (Å²) in [6.45, 7) is 2.85. The van der Waals surface area contributed by atoms with Gasteiger partial charge in [-0.3, -0.25) is 4.79 Å². The number of ether oxygens (including phenoxy) is 1. The molecular weight excluding hydrogens is 332 g/mol. The van der Waals surface area contributed by atoms with Crippen molar-refractivity contribution in [3.8, 4) is 5.88 Å². The van der Waals surface area contributed by atoms with Crippen LogP contribution in [0.15, 0.2) is 36.5 Å². The smallest absolute Gasteiger partial charge is 0.259 e. The molecule has 1 fully saturated rings. The highest BCUT2D eigenvalue weighted by Gasteiger charge is 2.24. The summed E-state index contributed by atoms with van der Waals surface area (Å²) >= 11 is 1.91. The number of hydrogen-bond acceptors (Lipinski definition) is 4. The number of aryl methyl sites for hydroxylation is 2. The predicted molar refractivity (Wildman–Crippen MR) is 102 cm³/mol. The molecule has 1 amide bonds. The van der Waals surface area contributed by atoms with Crippen LogP contribution in [0.2, 0.25) is 0 Å². The number of pyridine rings is 1. The minimum atomic E-state index is 0.0141. The SMILES string of the molecule is Cc1ccc2c(c1)CCCN2C(=O)c1ccc(OC2CCSC2)nc1. The van der Waals surface area contributed by atoms with E-state index < -0.39 is 0 Å². The first-order valence-electron chi connectivity index (χ1n) is 8.82. The second-order valence-electron chi connectivity index (χ2n) is 6.68. The maximum atomic E-state index is 12.9. The number of carbonyl (C=O) groups is 1. The molecule has 0 bridgehead atoms. The van der Waals surface area contributed by atoms with Crippen molar-refractivity contribution < 1.29 is 9.53 Å². The van der Waals surface area contributed by atoms with Crippen LogP contribution in [0.4, 0.5) is 5.69 Å². The highest BCUT2D eigenvalue weighted by atomic mass is 32.2. The fraction of sp³-hybridized carbons (Fsp3) is 0.400. The zero-order valence-electron chi connectivity index (χ0n) is 14.4. The maximum Gasteiger partial charge on any atom is 0.259 e. The minimum Gasteiger partial charge on any atom is -0.473 e. The van der Waals surface area contributed by atoms with Crippen molar-refractivity contribution in [3.63, 3.8) is 0 Å². The van der Waals surface area contributed by atoms with E-state index in [-0.39, 0.29) is 12.0 Å². The topological polar surface area (TPSA) is 42.4 Å². The number of carbonyl (C=O) groups excluding carboxylic acids is 1. The quantitative estimate of drug-likeness (QED) is 0.839. The molecule has 1 unspecified atom stereocenters. The number of nitrogens with zero attached hydrogens (tertiary/aromatic N) is 2. The van der Waals surface area contributed by atoms with Crippen molar-refractivity contribution >= 4 is 23.4 Å². The molecule has 4 rings (SSSR count). The molecule has 0 spiro atoms. The van der Waals surface area contributed by atoms with Gasteiger partial charge in [-0.15, -0.1) is 0 Å². The standard InChI is InChI=1S/C20H22N2O2S/c1-14-4-6-18-15(11-14)3-2-9-22(18)20(23)16-5-7-19(21-12-16)24-17-8-10-25-13-17/h4-7,11-12,17H,2-3,8-10,13H2,1H3. The number of thioether (sulfide) groups is 1. The van der Waals surface area contributed by atoms with Gasteiger partial charge < -0.3 is 9.64 Å². The average Bonchev–Trinajstić information content (AvgIpc) is 3.14. The first kappa shape index (κ1) is 16.5. The second-order valence-corrected chi connectivity index (χ2v) is 7.83. The molecule has 2 aromatic rings. The first-order valence-corrected chi connectivity index (χ1v) is 9.98. The van der Waals surface area contributed by atoms with Crippen LogP contribution in [0.3, 0.4) is 0 Å². The number of fused-ring (bicyclic) bond motifs is 1. The molecule has 3 heterocycles. The largest absolute Gasteiger partial charge is 0.473 e. The van der Waals surface area contributed by atoms with E-state index in [1.807, 2.05) is 28.8 Å². The molecule has 4 nitrogen and oxygen atoms in total. The third-order valence-corrected chi connectivity index (χ3v) is 5.89. The van der Waals surface area contributed by atoms with Gasteiger partial charge >= 0.3 is 0 Å². The Morgan fingerprint density at radius 2 is 2.24 bits per heavy atom. The number of rotatable bonds is 3. The minimum absolute atomic E-state index is 0.0141. The Kier molecular flexibility index (Phi) is 4.66. The molecule has 5 heteroatoms. The van der Waals surface area contributed by atoms with E-state index >= 15 is 0 Å². The van der Waals surface area contributed by atoms with Crippen molar-refractivity contribution in [3.05, 3.63) is 53.2 Å². The van der Waals surface area contributed by atoms with Crippen LogP contribution >= 0.6 is 11.8 Å². The number of hydrogen-bond donors (Lipinski definition) is 0. The fourth-order valence-electron chi connectivity index (χ4n) is 3.45. The second kappa shape index (κ2) is 7.08. The van der Waals surface area contributed by atoms with Gasteiger partial charge in [-0.25, -0.2) is 4.98 Å². The summed E-state index contributed by atoms with van der Waals surface area (Å²) in [7, 11) is 0. The van der Waals surface area contributed by atoms with Crippen LogP contribution in [0.1, 0.15) is 34.3 Å². The molecule has 0 saturated carbocycles. The predicted octanol–water partition coefficient (Wildman–Crippen LogP) is 3.87. The van der Waals surface area contributed by atoms with E-state index in [4.69, 9.17) is 4.74 Å². The van der Waals surface area contributed by atoms with Crippen LogP contribution in [-0.2, 0) is 6.42 Å². The Labute approximate surface area is 152 Å². The van der Waals surface area contributed by atoms with Crippen LogP contribution in [0.25, 0.3) is 0 Å². The summed E-state index contributed by atoms with van der Waals surface area (Å²) in [6.07, 6.45) is 4.98. The van der Waals surface area contributed by atoms with E-state index in [0.717, 1.165) is 43.0 Å². The van der Waals surface area contributed by atoms with Gasteiger partial charge in [0.1, 0.15) is 6.10 Å². The normalized spacial score (nSPS) is 19.6. The number of anilines is 1. The van der Waals surface area contributed by atoms with Gasteiger partial charge in [-0.2, -0.15) is 11.8 Å². The molecule has 1 aromatic carbocycles. The molecule has 1 aromatic heterocycles. The summed E-state index contributed by atoms with van der Waals surface area (Å²) < 4.78 is 5.87. The highest BCUT2D eigenvalue weighted by molar-refractivity contribution is 7.99. The van der Waals surface area contributed by atoms with Crippen LogP contribution < -0.4 is 9.64 Å². The average molecular weight is 354 g/mol. The Bertz CT molecular complexity index is 770.